The van der Waals surface area contributed by atoms with Gasteiger partial charge in [-0.15, -0.1) is 9.35 Å². The van der Waals surface area contributed by atoms with E-state index in [9.17, 15) is 26.8 Å². The molecule has 9 heteroatoms. The van der Waals surface area contributed by atoms with Gasteiger partial charge in [-0.3, -0.25) is 9.59 Å². The first-order chi connectivity index (χ1) is 11.3. The van der Waals surface area contributed by atoms with Crippen molar-refractivity contribution in [3.05, 3.63) is 42.0 Å². The number of carbonyl (C=O) groups excluding carboxylic acids is 2. The van der Waals surface area contributed by atoms with E-state index in [4.69, 9.17) is 0 Å². The number of halogens is 2. The molecule has 4 rings (SSSR count). The van der Waals surface area contributed by atoms with E-state index < -0.39 is 50.3 Å². The first-order valence-electron chi connectivity index (χ1n) is 7.25. The molecule has 126 valence electrons. The molecular weight excluding hydrogens is 344 g/mol. The number of rotatable bonds is 3. The van der Waals surface area contributed by atoms with Gasteiger partial charge in [0.05, 0.1) is 11.8 Å². The number of hydrogen-bond acceptors (Lipinski definition) is 5. The van der Waals surface area contributed by atoms with Crippen LogP contribution in [0.15, 0.2) is 35.2 Å². The molecule has 2 amide bonds. The van der Waals surface area contributed by atoms with Crippen LogP contribution in [0, 0.1) is 35.3 Å². The summed E-state index contributed by atoms with van der Waals surface area (Å²) < 4.78 is 55.5. The first-order valence-corrected chi connectivity index (χ1v) is 8.66. The molecule has 2 aliphatic carbocycles. The average molecular weight is 355 g/mol. The summed E-state index contributed by atoms with van der Waals surface area (Å²) in [5, 5.41) is 0.208. The van der Waals surface area contributed by atoms with Gasteiger partial charge in [-0.25, -0.2) is 8.78 Å². The number of fused-ring (bicyclic) bond motifs is 5. The lowest BCUT2D eigenvalue weighted by atomic mass is 9.85. The van der Waals surface area contributed by atoms with Crippen LogP contribution in [0.2, 0.25) is 0 Å². The van der Waals surface area contributed by atoms with Crippen LogP contribution in [-0.2, 0) is 24.0 Å². The van der Waals surface area contributed by atoms with E-state index in [0.29, 0.717) is 18.6 Å². The molecule has 6 nitrogen and oxygen atoms in total. The van der Waals surface area contributed by atoms with Gasteiger partial charge >= 0.3 is 10.1 Å². The number of hydrogen-bond donors (Lipinski definition) is 0. The van der Waals surface area contributed by atoms with E-state index in [0.717, 1.165) is 6.07 Å². The molecule has 0 N–H and O–H groups in total. The van der Waals surface area contributed by atoms with Gasteiger partial charge in [0.1, 0.15) is 16.5 Å². The Morgan fingerprint density at radius 2 is 1.62 bits per heavy atom. The van der Waals surface area contributed by atoms with Gasteiger partial charge in [0, 0.05) is 6.07 Å². The molecule has 0 radical (unpaired) electrons. The Kier molecular flexibility index (Phi) is 3.17. The summed E-state index contributed by atoms with van der Waals surface area (Å²) in [6, 6.07) is 1.80. The Labute approximate surface area is 135 Å². The molecule has 1 aliphatic heterocycles. The Bertz CT molecular complexity index is 867. The lowest BCUT2D eigenvalue weighted by Crippen LogP contribution is -2.35. The minimum atomic E-state index is -4.78. The molecule has 0 spiro atoms. The fourth-order valence-corrected chi connectivity index (χ4v) is 4.72. The highest BCUT2D eigenvalue weighted by Gasteiger charge is 2.61. The van der Waals surface area contributed by atoms with Gasteiger partial charge < -0.3 is 0 Å². The third-order valence-electron chi connectivity index (χ3n) is 4.77. The van der Waals surface area contributed by atoms with Crippen LogP contribution in [0.3, 0.4) is 0 Å². The average Bonchev–Trinajstić information content (AvgIpc) is 3.16. The van der Waals surface area contributed by atoms with Crippen molar-refractivity contribution in [2.24, 2.45) is 23.7 Å². The topological polar surface area (TPSA) is 80.8 Å². The Morgan fingerprint density at radius 1 is 1.04 bits per heavy atom. The second-order valence-corrected chi connectivity index (χ2v) is 7.57. The maximum atomic E-state index is 13.7. The molecule has 1 heterocycles. The molecule has 2 bridgehead atoms. The third-order valence-corrected chi connectivity index (χ3v) is 5.98. The van der Waals surface area contributed by atoms with Crippen molar-refractivity contribution in [1.29, 1.82) is 0 Å². The highest BCUT2D eigenvalue weighted by Crippen LogP contribution is 2.52. The second kappa shape index (κ2) is 4.93. The van der Waals surface area contributed by atoms with Crippen LogP contribution >= 0.6 is 0 Å². The maximum absolute atomic E-state index is 13.7. The normalized spacial score (nSPS) is 31.2. The number of amides is 2. The van der Waals surface area contributed by atoms with Crippen molar-refractivity contribution >= 4 is 21.9 Å². The number of carbonyl (C=O) groups is 2. The highest BCUT2D eigenvalue weighted by molar-refractivity contribution is 7.86. The molecule has 4 atom stereocenters. The summed E-state index contributed by atoms with van der Waals surface area (Å²) in [6.45, 7) is 0. The first kappa shape index (κ1) is 15.4. The van der Waals surface area contributed by atoms with Gasteiger partial charge in [0.25, 0.3) is 11.8 Å². The molecule has 0 aromatic heterocycles. The molecule has 1 aromatic carbocycles. The van der Waals surface area contributed by atoms with Crippen molar-refractivity contribution < 1.29 is 31.1 Å². The fourth-order valence-electron chi connectivity index (χ4n) is 3.76. The monoisotopic (exact) mass is 355 g/mol. The molecule has 24 heavy (non-hydrogen) atoms. The number of benzene rings is 1. The number of hydroxylamine groups is 2. The minimum Gasteiger partial charge on any atom is -0.272 e. The van der Waals surface area contributed by atoms with Gasteiger partial charge in [-0.2, -0.15) is 8.42 Å². The fraction of sp³-hybridized carbons (Fsp3) is 0.333. The standard InChI is InChI=1S/C15H11F2NO5S/c16-9-3-4-11(10(17)6-9)24(21,22)23-18-14(19)12-7-1-2-8(5-7)13(12)15(18)20/h1-4,6-8,12-13H,5H2/t7?,8?,12-,13?/m1/s1. The SMILES string of the molecule is O=C1C2C3C=CC(C3)[C@H]2C(=O)N1OS(=O)(=O)c1ccc(F)cc1F. The van der Waals surface area contributed by atoms with Crippen molar-refractivity contribution in [3.8, 4) is 0 Å². The number of allylic oxidation sites excluding steroid dienone is 2. The smallest absolute Gasteiger partial charge is 0.272 e. The van der Waals surface area contributed by atoms with Gasteiger partial charge in [0.15, 0.2) is 0 Å². The molecule has 3 aliphatic rings. The summed E-state index contributed by atoms with van der Waals surface area (Å²) in [5.41, 5.74) is 0. The van der Waals surface area contributed by atoms with Crippen LogP contribution in [0.1, 0.15) is 6.42 Å². The van der Waals surface area contributed by atoms with E-state index >= 15 is 0 Å². The van der Waals surface area contributed by atoms with Crippen LogP contribution in [0.25, 0.3) is 0 Å². The van der Waals surface area contributed by atoms with E-state index in [1.54, 1.807) is 0 Å². The molecule has 1 saturated heterocycles. The summed E-state index contributed by atoms with van der Waals surface area (Å²) in [7, 11) is -4.78. The summed E-state index contributed by atoms with van der Waals surface area (Å²) >= 11 is 0. The zero-order valence-electron chi connectivity index (χ0n) is 12.1. The Balaban J connectivity index is 1.64. The van der Waals surface area contributed by atoms with Crippen molar-refractivity contribution in [2.75, 3.05) is 0 Å². The highest BCUT2D eigenvalue weighted by atomic mass is 32.2. The van der Waals surface area contributed by atoms with Crippen LogP contribution in [-0.4, -0.2) is 25.3 Å². The number of imide groups is 1. The molecule has 3 unspecified atom stereocenters. The third kappa shape index (κ3) is 2.04. The van der Waals surface area contributed by atoms with E-state index in [2.05, 4.69) is 4.28 Å². The van der Waals surface area contributed by atoms with Gasteiger partial charge in [-0.05, 0) is 30.4 Å². The van der Waals surface area contributed by atoms with Crippen LogP contribution in [0.5, 0.6) is 0 Å². The zero-order valence-corrected chi connectivity index (χ0v) is 12.9. The van der Waals surface area contributed by atoms with Crippen molar-refractivity contribution in [1.82, 2.24) is 5.06 Å². The summed E-state index contributed by atoms with van der Waals surface area (Å²) in [4.78, 5) is 23.8. The van der Waals surface area contributed by atoms with Crippen molar-refractivity contribution in [2.45, 2.75) is 11.3 Å². The number of nitrogens with zero attached hydrogens (tertiary/aromatic N) is 1. The predicted molar refractivity (Wildman–Crippen MR) is 74.2 cm³/mol. The minimum absolute atomic E-state index is 0.115. The molecule has 2 fully saturated rings. The van der Waals surface area contributed by atoms with E-state index in [1.807, 2.05) is 12.2 Å². The maximum Gasteiger partial charge on any atom is 0.321 e. The van der Waals surface area contributed by atoms with Gasteiger partial charge in [0.2, 0.25) is 0 Å². The summed E-state index contributed by atoms with van der Waals surface area (Å²) in [5.74, 6) is -5.32. The zero-order chi connectivity index (χ0) is 17.2. The largest absolute Gasteiger partial charge is 0.321 e. The quantitative estimate of drug-likeness (QED) is 0.605. The lowest BCUT2D eigenvalue weighted by Gasteiger charge is -2.16. The Hall–Kier alpha value is -2.13. The molecule has 1 aromatic rings. The molecule has 1 saturated carbocycles. The van der Waals surface area contributed by atoms with Gasteiger partial charge in [-0.1, -0.05) is 12.2 Å². The van der Waals surface area contributed by atoms with Crippen LogP contribution in [0.4, 0.5) is 8.78 Å². The summed E-state index contributed by atoms with van der Waals surface area (Å²) in [6.07, 6.45) is 4.36. The van der Waals surface area contributed by atoms with E-state index in [-0.39, 0.29) is 16.9 Å². The van der Waals surface area contributed by atoms with Crippen molar-refractivity contribution in [3.63, 3.8) is 0 Å². The molecular formula is C15H11F2NO5S. The Morgan fingerprint density at radius 3 is 2.17 bits per heavy atom. The second-order valence-electron chi connectivity index (χ2n) is 6.07. The predicted octanol–water partition coefficient (Wildman–Crippen LogP) is 1.39. The lowest BCUT2D eigenvalue weighted by molar-refractivity contribution is -0.166. The van der Waals surface area contributed by atoms with E-state index in [1.165, 1.54) is 0 Å². The van der Waals surface area contributed by atoms with Crippen LogP contribution < -0.4 is 0 Å².